The molecule has 3 unspecified atom stereocenters. The van der Waals surface area contributed by atoms with E-state index < -0.39 is 35.9 Å². The maximum atomic E-state index is 12.1. The number of hydrogen-bond donors (Lipinski definition) is 2. The Morgan fingerprint density at radius 3 is 2.64 bits per heavy atom. The Kier molecular flexibility index (Phi) is 6.02. The van der Waals surface area contributed by atoms with Crippen LogP contribution in [0.5, 0.6) is 0 Å². The lowest BCUT2D eigenvalue weighted by molar-refractivity contribution is -0.148. The second-order valence-electron chi connectivity index (χ2n) is 6.93. The van der Waals surface area contributed by atoms with Gasteiger partial charge in [0.25, 0.3) is 0 Å². The van der Waals surface area contributed by atoms with Crippen molar-refractivity contribution in [3.8, 4) is 0 Å². The van der Waals surface area contributed by atoms with Crippen molar-refractivity contribution < 1.29 is 28.9 Å². The molecule has 9 heteroatoms. The topological polar surface area (TPSA) is 112 Å². The number of rotatable bonds is 5. The van der Waals surface area contributed by atoms with E-state index in [9.17, 15) is 14.7 Å². The van der Waals surface area contributed by atoms with Crippen LogP contribution in [0.15, 0.2) is 12.4 Å². The second-order valence-corrected chi connectivity index (χ2v) is 6.93. The first kappa shape index (κ1) is 19.2. The summed E-state index contributed by atoms with van der Waals surface area (Å²) < 4.78 is 17.8. The van der Waals surface area contributed by atoms with E-state index in [0.717, 1.165) is 5.56 Å². The van der Waals surface area contributed by atoms with Crippen LogP contribution in [0.2, 0.25) is 0 Å². The van der Waals surface area contributed by atoms with Crippen LogP contribution in [0.1, 0.15) is 32.4 Å². The maximum Gasteiger partial charge on any atom is 0.408 e. The van der Waals surface area contributed by atoms with Crippen molar-refractivity contribution >= 4 is 12.1 Å². The normalized spacial score (nSPS) is 20.6. The van der Waals surface area contributed by atoms with Gasteiger partial charge in [0.1, 0.15) is 17.7 Å². The van der Waals surface area contributed by atoms with Crippen LogP contribution >= 0.6 is 0 Å². The third kappa shape index (κ3) is 5.43. The molecule has 0 bridgehead atoms. The summed E-state index contributed by atoms with van der Waals surface area (Å²) in [6, 6.07) is -2.07. The van der Waals surface area contributed by atoms with Gasteiger partial charge in [0, 0.05) is 6.20 Å². The molecule has 0 spiro atoms. The van der Waals surface area contributed by atoms with E-state index >= 15 is 0 Å². The molecule has 2 N–H and O–H groups in total. The lowest BCUT2D eigenvalue weighted by Crippen LogP contribution is -2.53. The molecule has 140 valence electrons. The average molecular weight is 355 g/mol. The minimum Gasteiger partial charge on any atom is -0.480 e. The fourth-order valence-electron chi connectivity index (χ4n) is 2.56. The Balaban J connectivity index is 2.27. The van der Waals surface area contributed by atoms with Crippen molar-refractivity contribution in [1.82, 2.24) is 15.1 Å². The highest BCUT2D eigenvalue weighted by Crippen LogP contribution is 2.23. The van der Waals surface area contributed by atoms with Crippen molar-refractivity contribution in [2.24, 2.45) is 0 Å². The summed E-state index contributed by atoms with van der Waals surface area (Å²) in [5.41, 5.74) is 0.123. The molecule has 0 aliphatic carbocycles. The lowest BCUT2D eigenvalue weighted by atomic mass is 10.0. The SMILES string of the molecule is Cc1cnn(C(C2COCCO2)C(NC(=O)OC(C)(C)C)C(=O)O)c1. The Bertz CT molecular complexity index is 603. The number of amides is 1. The van der Waals surface area contributed by atoms with Crippen molar-refractivity contribution in [3.05, 3.63) is 18.0 Å². The number of alkyl carbamates (subject to hydrolysis) is 1. The predicted octanol–water partition coefficient (Wildman–Crippen LogP) is 1.13. The van der Waals surface area contributed by atoms with Gasteiger partial charge >= 0.3 is 12.1 Å². The molecule has 1 aromatic heterocycles. The van der Waals surface area contributed by atoms with Gasteiger partial charge in [-0.05, 0) is 33.3 Å². The number of carbonyl (C=O) groups excluding carboxylic acids is 1. The van der Waals surface area contributed by atoms with Gasteiger partial charge in [-0.3, -0.25) is 4.68 Å². The van der Waals surface area contributed by atoms with E-state index in [1.165, 1.54) is 4.68 Å². The summed E-state index contributed by atoms with van der Waals surface area (Å²) in [6.45, 7) is 7.95. The van der Waals surface area contributed by atoms with Crippen molar-refractivity contribution in [2.75, 3.05) is 19.8 Å². The Labute approximate surface area is 146 Å². The number of aryl methyl sites for hydroxylation is 1. The summed E-state index contributed by atoms with van der Waals surface area (Å²) in [4.78, 5) is 24.0. The fourth-order valence-corrected chi connectivity index (χ4v) is 2.56. The van der Waals surface area contributed by atoms with Gasteiger partial charge in [-0.25, -0.2) is 9.59 Å². The molecule has 0 saturated carbocycles. The molecule has 1 aliphatic rings. The van der Waals surface area contributed by atoms with Crippen LogP contribution in [0, 0.1) is 6.92 Å². The largest absolute Gasteiger partial charge is 0.480 e. The summed E-state index contributed by atoms with van der Waals surface area (Å²) in [6.07, 6.45) is 1.94. The Morgan fingerprint density at radius 2 is 2.16 bits per heavy atom. The van der Waals surface area contributed by atoms with E-state index in [0.29, 0.717) is 13.2 Å². The molecule has 2 rings (SSSR count). The maximum absolute atomic E-state index is 12.1. The number of carboxylic acids is 1. The van der Waals surface area contributed by atoms with Crippen LogP contribution in [-0.2, 0) is 19.0 Å². The summed E-state index contributed by atoms with van der Waals surface area (Å²) in [5.74, 6) is -1.21. The van der Waals surface area contributed by atoms with E-state index in [-0.39, 0.29) is 6.61 Å². The first-order chi connectivity index (χ1) is 11.7. The minimum absolute atomic E-state index is 0.212. The number of ether oxygens (including phenoxy) is 3. The molecule has 9 nitrogen and oxygen atoms in total. The summed E-state index contributed by atoms with van der Waals surface area (Å²) in [5, 5.41) is 16.3. The first-order valence-electron chi connectivity index (χ1n) is 8.10. The van der Waals surface area contributed by atoms with Gasteiger partial charge in [0.15, 0.2) is 6.04 Å². The highest BCUT2D eigenvalue weighted by atomic mass is 16.6. The smallest absolute Gasteiger partial charge is 0.408 e. The van der Waals surface area contributed by atoms with Crippen molar-refractivity contribution in [3.63, 3.8) is 0 Å². The molecule has 1 aliphatic heterocycles. The van der Waals surface area contributed by atoms with Crippen LogP contribution < -0.4 is 5.32 Å². The third-order valence-electron chi connectivity index (χ3n) is 3.54. The summed E-state index contributed by atoms with van der Waals surface area (Å²) >= 11 is 0. The molecule has 0 radical (unpaired) electrons. The molecule has 3 atom stereocenters. The lowest BCUT2D eigenvalue weighted by Gasteiger charge is -2.34. The molecule has 1 saturated heterocycles. The van der Waals surface area contributed by atoms with Gasteiger partial charge in [0.05, 0.1) is 26.0 Å². The van der Waals surface area contributed by atoms with E-state index in [4.69, 9.17) is 14.2 Å². The quantitative estimate of drug-likeness (QED) is 0.814. The van der Waals surface area contributed by atoms with Crippen molar-refractivity contribution in [1.29, 1.82) is 0 Å². The standard InChI is InChI=1S/C16H25N3O6/c1-10-7-17-19(8-10)13(11-9-23-5-6-24-11)12(14(20)21)18-15(22)25-16(2,3)4/h7-8,11-13H,5-6,9H2,1-4H3,(H,18,22)(H,20,21). The Hall–Kier alpha value is -2.13. The number of nitrogens with zero attached hydrogens (tertiary/aromatic N) is 2. The van der Waals surface area contributed by atoms with Gasteiger partial charge in [0.2, 0.25) is 0 Å². The Morgan fingerprint density at radius 1 is 1.44 bits per heavy atom. The van der Waals surface area contributed by atoms with E-state index in [2.05, 4.69) is 10.4 Å². The van der Waals surface area contributed by atoms with Crippen LogP contribution in [-0.4, -0.2) is 64.5 Å². The minimum atomic E-state index is -1.29. The zero-order chi connectivity index (χ0) is 18.6. The number of aliphatic carboxylic acids is 1. The van der Waals surface area contributed by atoms with Gasteiger partial charge in [-0.1, -0.05) is 0 Å². The molecule has 1 amide bonds. The molecular weight excluding hydrogens is 330 g/mol. The number of aromatic nitrogens is 2. The molecule has 1 aromatic rings. The molecular formula is C16H25N3O6. The number of hydrogen-bond acceptors (Lipinski definition) is 6. The summed E-state index contributed by atoms with van der Waals surface area (Å²) in [7, 11) is 0. The third-order valence-corrected chi connectivity index (χ3v) is 3.54. The predicted molar refractivity (Wildman–Crippen MR) is 87.4 cm³/mol. The second kappa shape index (κ2) is 7.83. The van der Waals surface area contributed by atoms with Gasteiger partial charge < -0.3 is 24.6 Å². The van der Waals surface area contributed by atoms with E-state index in [1.807, 2.05) is 6.92 Å². The monoisotopic (exact) mass is 355 g/mol. The number of carboxylic acid groups (broad SMARTS) is 1. The molecule has 1 fully saturated rings. The van der Waals surface area contributed by atoms with Gasteiger partial charge in [-0.2, -0.15) is 5.10 Å². The molecule has 0 aromatic carbocycles. The van der Waals surface area contributed by atoms with Gasteiger partial charge in [-0.15, -0.1) is 0 Å². The number of carbonyl (C=O) groups is 2. The molecule has 25 heavy (non-hydrogen) atoms. The van der Waals surface area contributed by atoms with Crippen molar-refractivity contribution in [2.45, 2.75) is 51.5 Å². The zero-order valence-electron chi connectivity index (χ0n) is 14.9. The van der Waals surface area contributed by atoms with Crippen LogP contribution in [0.25, 0.3) is 0 Å². The highest BCUT2D eigenvalue weighted by Gasteiger charge is 2.40. The van der Waals surface area contributed by atoms with E-state index in [1.54, 1.807) is 33.2 Å². The fraction of sp³-hybridized carbons (Fsp3) is 0.688. The molecule has 2 heterocycles. The number of nitrogens with one attached hydrogen (secondary N) is 1. The van der Waals surface area contributed by atoms with Crippen LogP contribution in [0.4, 0.5) is 4.79 Å². The van der Waals surface area contributed by atoms with Crippen LogP contribution in [0.3, 0.4) is 0 Å². The highest BCUT2D eigenvalue weighted by molar-refractivity contribution is 5.80. The zero-order valence-corrected chi connectivity index (χ0v) is 14.9. The average Bonchev–Trinajstić information content (AvgIpc) is 2.92. The first-order valence-corrected chi connectivity index (χ1v) is 8.10.